The molecule has 0 aromatic heterocycles. The van der Waals surface area contributed by atoms with Gasteiger partial charge in [-0.05, 0) is 6.42 Å². The van der Waals surface area contributed by atoms with Gasteiger partial charge in [-0.15, -0.1) is 23.2 Å². The Balaban J connectivity index is 3.05. The van der Waals surface area contributed by atoms with Gasteiger partial charge in [-0.1, -0.05) is 11.1 Å². The Labute approximate surface area is 60.5 Å². The molecule has 0 heterocycles. The fraction of sp³-hybridized carbons (Fsp3) is 1.00. The van der Waals surface area contributed by atoms with Crippen molar-refractivity contribution in [2.75, 3.05) is 5.75 Å². The van der Waals surface area contributed by atoms with Gasteiger partial charge in [0.1, 0.15) is 4.84 Å². The van der Waals surface area contributed by atoms with E-state index in [0.717, 1.165) is 0 Å². The summed E-state index contributed by atoms with van der Waals surface area (Å²) in [5.41, 5.74) is 0. The lowest BCUT2D eigenvalue weighted by atomic mass is 10.6. The molecule has 0 saturated carbocycles. The van der Waals surface area contributed by atoms with E-state index >= 15 is 0 Å². The van der Waals surface area contributed by atoms with Gasteiger partial charge in [0.05, 0.1) is 0 Å². The molecule has 0 spiro atoms. The van der Waals surface area contributed by atoms with Crippen LogP contribution in [0, 0.1) is 0 Å². The summed E-state index contributed by atoms with van der Waals surface area (Å²) in [5, 5.41) is 0. The van der Waals surface area contributed by atoms with E-state index in [2.05, 4.69) is 0 Å². The SMILES string of the molecule is O=S([O-])CCC(Cl)Cl. The lowest BCUT2D eigenvalue weighted by Gasteiger charge is -2.02. The Hall–Kier alpha value is 0.690. The standard InChI is InChI=1S/C3H6Cl2O2S/c4-3(5)1-2-8(6)7/h3H,1-2H2,(H,6,7)/p-1. The van der Waals surface area contributed by atoms with E-state index in [1.54, 1.807) is 0 Å². The van der Waals surface area contributed by atoms with Gasteiger partial charge >= 0.3 is 0 Å². The Kier molecular flexibility index (Phi) is 4.95. The van der Waals surface area contributed by atoms with Crippen LogP contribution in [0.1, 0.15) is 6.42 Å². The van der Waals surface area contributed by atoms with Gasteiger partial charge in [-0.3, -0.25) is 4.21 Å². The molecule has 1 atom stereocenters. The van der Waals surface area contributed by atoms with Crippen LogP contribution in [0.2, 0.25) is 0 Å². The van der Waals surface area contributed by atoms with E-state index in [1.807, 2.05) is 0 Å². The molecule has 0 aliphatic rings. The number of alkyl halides is 2. The second-order valence-electron chi connectivity index (χ2n) is 1.19. The largest absolute Gasteiger partial charge is 0.772 e. The first kappa shape index (κ1) is 8.69. The molecule has 5 heteroatoms. The quantitative estimate of drug-likeness (QED) is 0.476. The fourth-order valence-electron chi connectivity index (χ4n) is 0.185. The second kappa shape index (κ2) is 4.56. The van der Waals surface area contributed by atoms with Crippen molar-refractivity contribution in [2.45, 2.75) is 11.3 Å². The highest BCUT2D eigenvalue weighted by Crippen LogP contribution is 2.06. The summed E-state index contributed by atoms with van der Waals surface area (Å²) >= 11 is 8.42. The molecule has 0 amide bonds. The first-order valence-electron chi connectivity index (χ1n) is 1.97. The first-order chi connectivity index (χ1) is 3.63. The predicted molar refractivity (Wildman–Crippen MR) is 33.9 cm³/mol. The van der Waals surface area contributed by atoms with Crippen LogP contribution in [0.5, 0.6) is 0 Å². The van der Waals surface area contributed by atoms with Crippen molar-refractivity contribution < 1.29 is 8.76 Å². The van der Waals surface area contributed by atoms with Crippen LogP contribution in [-0.4, -0.2) is 19.4 Å². The van der Waals surface area contributed by atoms with Gasteiger partial charge in [-0.2, -0.15) is 0 Å². The number of hydrogen-bond donors (Lipinski definition) is 0. The van der Waals surface area contributed by atoms with Crippen molar-refractivity contribution in [1.82, 2.24) is 0 Å². The van der Waals surface area contributed by atoms with Gasteiger partial charge < -0.3 is 4.55 Å². The number of rotatable bonds is 3. The molecule has 0 bridgehead atoms. The molecule has 0 aliphatic carbocycles. The van der Waals surface area contributed by atoms with Crippen molar-refractivity contribution in [3.8, 4) is 0 Å². The normalized spacial score (nSPS) is 14.5. The maximum absolute atomic E-state index is 9.79. The van der Waals surface area contributed by atoms with Crippen LogP contribution < -0.4 is 0 Å². The zero-order chi connectivity index (χ0) is 6.57. The minimum absolute atomic E-state index is 0.0394. The van der Waals surface area contributed by atoms with Crippen molar-refractivity contribution in [1.29, 1.82) is 0 Å². The van der Waals surface area contributed by atoms with Gasteiger partial charge in [0, 0.05) is 5.75 Å². The van der Waals surface area contributed by atoms with Crippen LogP contribution in [0.4, 0.5) is 0 Å². The Morgan fingerprint density at radius 3 is 2.25 bits per heavy atom. The molecule has 8 heavy (non-hydrogen) atoms. The minimum atomic E-state index is -2.01. The summed E-state index contributed by atoms with van der Waals surface area (Å²) in [5.74, 6) is 0.0394. The third kappa shape index (κ3) is 6.69. The van der Waals surface area contributed by atoms with E-state index in [-0.39, 0.29) is 5.75 Å². The van der Waals surface area contributed by atoms with Crippen molar-refractivity contribution in [3.63, 3.8) is 0 Å². The molecular formula is C3H5Cl2O2S-. The van der Waals surface area contributed by atoms with E-state index < -0.39 is 15.9 Å². The predicted octanol–water partition coefficient (Wildman–Crippen LogP) is 1.06. The average Bonchev–Trinajstić information content (AvgIpc) is 1.61. The third-order valence-electron chi connectivity index (χ3n) is 0.503. The Bertz CT molecular complexity index is 85.4. The zero-order valence-corrected chi connectivity index (χ0v) is 6.30. The number of hydrogen-bond acceptors (Lipinski definition) is 2. The monoisotopic (exact) mass is 175 g/mol. The van der Waals surface area contributed by atoms with Crippen LogP contribution in [0.25, 0.3) is 0 Å². The maximum atomic E-state index is 9.79. The Morgan fingerprint density at radius 1 is 1.62 bits per heavy atom. The first-order valence-corrected chi connectivity index (χ1v) is 4.08. The number of halogens is 2. The van der Waals surface area contributed by atoms with Crippen LogP contribution in [0.15, 0.2) is 0 Å². The Morgan fingerprint density at radius 2 is 2.12 bits per heavy atom. The molecular weight excluding hydrogens is 171 g/mol. The van der Waals surface area contributed by atoms with Crippen molar-refractivity contribution >= 4 is 34.3 Å². The molecule has 0 radical (unpaired) electrons. The van der Waals surface area contributed by atoms with Gasteiger partial charge in [0.15, 0.2) is 0 Å². The van der Waals surface area contributed by atoms with Crippen LogP contribution >= 0.6 is 23.2 Å². The molecule has 0 rings (SSSR count). The second-order valence-corrected chi connectivity index (χ2v) is 3.48. The molecule has 0 saturated heterocycles. The molecule has 2 nitrogen and oxygen atoms in total. The molecule has 0 fully saturated rings. The zero-order valence-electron chi connectivity index (χ0n) is 3.97. The highest BCUT2D eigenvalue weighted by molar-refractivity contribution is 7.79. The van der Waals surface area contributed by atoms with E-state index in [0.29, 0.717) is 6.42 Å². The van der Waals surface area contributed by atoms with Crippen molar-refractivity contribution in [2.24, 2.45) is 0 Å². The molecule has 50 valence electrons. The van der Waals surface area contributed by atoms with Gasteiger partial charge in [0.25, 0.3) is 0 Å². The average molecular weight is 176 g/mol. The summed E-state index contributed by atoms with van der Waals surface area (Å²) in [6, 6.07) is 0. The third-order valence-corrected chi connectivity index (χ3v) is 1.51. The highest BCUT2D eigenvalue weighted by Gasteiger charge is 1.95. The summed E-state index contributed by atoms with van der Waals surface area (Å²) in [4.78, 5) is -0.562. The van der Waals surface area contributed by atoms with Crippen LogP contribution in [0.3, 0.4) is 0 Å². The lowest BCUT2D eigenvalue weighted by molar-refractivity contribution is 0.535. The highest BCUT2D eigenvalue weighted by atomic mass is 35.5. The molecule has 0 N–H and O–H groups in total. The topological polar surface area (TPSA) is 40.1 Å². The van der Waals surface area contributed by atoms with E-state index in [9.17, 15) is 8.76 Å². The van der Waals surface area contributed by atoms with E-state index in [1.165, 1.54) is 0 Å². The van der Waals surface area contributed by atoms with E-state index in [4.69, 9.17) is 23.2 Å². The van der Waals surface area contributed by atoms with Crippen molar-refractivity contribution in [3.05, 3.63) is 0 Å². The summed E-state index contributed by atoms with van der Waals surface area (Å²) in [6.45, 7) is 0. The summed E-state index contributed by atoms with van der Waals surface area (Å²) in [7, 11) is 0. The van der Waals surface area contributed by atoms with Gasteiger partial charge in [0.2, 0.25) is 0 Å². The molecule has 0 aromatic carbocycles. The fourth-order valence-corrected chi connectivity index (χ4v) is 1.09. The maximum Gasteiger partial charge on any atom is 0.108 e. The molecule has 1 unspecified atom stereocenters. The molecule has 0 aromatic rings. The van der Waals surface area contributed by atoms with Gasteiger partial charge in [-0.25, -0.2) is 0 Å². The minimum Gasteiger partial charge on any atom is -0.772 e. The smallest absolute Gasteiger partial charge is 0.108 e. The lowest BCUT2D eigenvalue weighted by Crippen LogP contribution is -1.99. The van der Waals surface area contributed by atoms with Crippen LogP contribution in [-0.2, 0) is 11.1 Å². The summed E-state index contributed by atoms with van der Waals surface area (Å²) in [6.07, 6.45) is 0.305. The summed E-state index contributed by atoms with van der Waals surface area (Å²) < 4.78 is 19.6. The molecule has 0 aliphatic heterocycles.